The Balaban J connectivity index is 2.62. The Hall–Kier alpha value is -0.920. The van der Waals surface area contributed by atoms with Crippen molar-refractivity contribution in [2.24, 2.45) is 5.92 Å². The van der Waals surface area contributed by atoms with E-state index >= 15 is 0 Å². The third kappa shape index (κ3) is 3.05. The van der Waals surface area contributed by atoms with Crippen LogP contribution in [0.1, 0.15) is 24.3 Å². The van der Waals surface area contributed by atoms with E-state index in [-0.39, 0.29) is 11.1 Å². The molecule has 0 saturated carbocycles. The lowest BCUT2D eigenvalue weighted by Gasteiger charge is -2.10. The summed E-state index contributed by atoms with van der Waals surface area (Å²) in [5.41, 5.74) is 1.15. The average Bonchev–Trinajstić information content (AvgIpc) is 2.82. The summed E-state index contributed by atoms with van der Waals surface area (Å²) in [7, 11) is 1.53. The first-order valence-corrected chi connectivity index (χ1v) is 9.28. The Kier molecular flexibility index (Phi) is 4.22. The molecule has 0 spiro atoms. The number of nitrogens with zero attached hydrogens (tertiary/aromatic N) is 3. The van der Waals surface area contributed by atoms with Crippen LogP contribution in [0.3, 0.4) is 0 Å². The minimum atomic E-state index is -3.90. The van der Waals surface area contributed by atoms with Crippen molar-refractivity contribution < 1.29 is 8.42 Å². The van der Waals surface area contributed by atoms with Gasteiger partial charge in [-0.1, -0.05) is 13.8 Å². The molecule has 0 aliphatic heterocycles. The first kappa shape index (κ1) is 15.5. The van der Waals surface area contributed by atoms with Crippen molar-refractivity contribution in [2.45, 2.75) is 39.4 Å². The van der Waals surface area contributed by atoms with Crippen molar-refractivity contribution >= 4 is 31.1 Å². The molecule has 0 N–H and O–H groups in total. The van der Waals surface area contributed by atoms with Gasteiger partial charge in [0.1, 0.15) is 0 Å². The standard InChI is InChI=1S/C12H16ClN3O2S2/c1-7(2)6-16-11(10-5-8(3)9(4)19-10)14-15-12(16)20(13,17)18/h5,7H,6H2,1-4H3. The summed E-state index contributed by atoms with van der Waals surface area (Å²) in [5, 5.41) is 7.59. The van der Waals surface area contributed by atoms with E-state index in [0.717, 1.165) is 10.4 Å². The van der Waals surface area contributed by atoms with Crippen molar-refractivity contribution in [1.82, 2.24) is 14.8 Å². The molecule has 0 unspecified atom stereocenters. The fourth-order valence-electron chi connectivity index (χ4n) is 1.86. The summed E-state index contributed by atoms with van der Waals surface area (Å²) in [6, 6.07) is 1.99. The monoisotopic (exact) mass is 333 g/mol. The molecule has 0 aliphatic rings. The summed E-state index contributed by atoms with van der Waals surface area (Å²) in [6.45, 7) is 8.53. The molecule has 0 saturated heterocycles. The third-order valence-electron chi connectivity index (χ3n) is 2.87. The van der Waals surface area contributed by atoms with Gasteiger partial charge in [-0.25, -0.2) is 8.42 Å². The molecule has 8 heteroatoms. The smallest absolute Gasteiger partial charge is 0.296 e. The van der Waals surface area contributed by atoms with E-state index in [1.807, 2.05) is 33.8 Å². The predicted molar refractivity (Wildman–Crippen MR) is 80.7 cm³/mol. The van der Waals surface area contributed by atoms with Gasteiger partial charge in [0.25, 0.3) is 14.2 Å². The normalized spacial score (nSPS) is 12.3. The van der Waals surface area contributed by atoms with Gasteiger partial charge in [0.2, 0.25) is 0 Å². The minimum Gasteiger partial charge on any atom is -0.296 e. The van der Waals surface area contributed by atoms with Crippen molar-refractivity contribution in [3.8, 4) is 10.7 Å². The number of aromatic nitrogens is 3. The molecule has 2 rings (SSSR count). The number of halogens is 1. The van der Waals surface area contributed by atoms with E-state index in [0.29, 0.717) is 12.4 Å². The van der Waals surface area contributed by atoms with E-state index < -0.39 is 9.05 Å². The van der Waals surface area contributed by atoms with Gasteiger partial charge in [0.15, 0.2) is 5.82 Å². The number of rotatable bonds is 4. The predicted octanol–water partition coefficient (Wildman–Crippen LogP) is 3.21. The van der Waals surface area contributed by atoms with E-state index in [1.165, 1.54) is 4.88 Å². The topological polar surface area (TPSA) is 64.8 Å². The molecular weight excluding hydrogens is 318 g/mol. The Morgan fingerprint density at radius 2 is 2.00 bits per heavy atom. The van der Waals surface area contributed by atoms with Crippen molar-refractivity contribution in [1.29, 1.82) is 0 Å². The first-order chi connectivity index (χ1) is 9.20. The van der Waals surface area contributed by atoms with Crippen molar-refractivity contribution in [3.63, 3.8) is 0 Å². The Morgan fingerprint density at radius 1 is 1.35 bits per heavy atom. The molecule has 0 aromatic carbocycles. The fourth-order valence-corrected chi connectivity index (χ4v) is 3.80. The molecule has 0 amide bonds. The van der Waals surface area contributed by atoms with Crippen LogP contribution in [0.5, 0.6) is 0 Å². The highest BCUT2D eigenvalue weighted by Crippen LogP contribution is 2.31. The van der Waals surface area contributed by atoms with E-state index in [2.05, 4.69) is 10.2 Å². The maximum absolute atomic E-state index is 11.6. The largest absolute Gasteiger partial charge is 0.296 e. The first-order valence-electron chi connectivity index (χ1n) is 6.15. The highest BCUT2D eigenvalue weighted by molar-refractivity contribution is 8.13. The zero-order valence-corrected chi connectivity index (χ0v) is 14.1. The molecule has 0 bridgehead atoms. The second-order valence-electron chi connectivity index (χ2n) is 5.10. The zero-order chi connectivity index (χ0) is 15.1. The van der Waals surface area contributed by atoms with Gasteiger partial charge < -0.3 is 0 Å². The number of aryl methyl sites for hydroxylation is 2. The van der Waals surface area contributed by atoms with Crippen LogP contribution in [0.15, 0.2) is 11.2 Å². The quantitative estimate of drug-likeness (QED) is 0.806. The average molecular weight is 334 g/mol. The highest BCUT2D eigenvalue weighted by atomic mass is 35.7. The second-order valence-corrected chi connectivity index (χ2v) is 8.81. The number of hydrogen-bond donors (Lipinski definition) is 0. The van der Waals surface area contributed by atoms with Gasteiger partial charge in [-0.05, 0) is 31.4 Å². The summed E-state index contributed by atoms with van der Waals surface area (Å²) in [6.07, 6.45) is 0. The Morgan fingerprint density at radius 3 is 2.45 bits per heavy atom. The lowest BCUT2D eigenvalue weighted by atomic mass is 10.2. The van der Waals surface area contributed by atoms with Crippen LogP contribution in [0.25, 0.3) is 10.7 Å². The van der Waals surface area contributed by atoms with Gasteiger partial charge in [-0.15, -0.1) is 21.5 Å². The Bertz CT molecular complexity index is 712. The second kappa shape index (κ2) is 5.46. The lowest BCUT2D eigenvalue weighted by Crippen LogP contribution is -2.11. The highest BCUT2D eigenvalue weighted by Gasteiger charge is 2.24. The summed E-state index contributed by atoms with van der Waals surface area (Å²) in [4.78, 5) is 2.08. The van der Waals surface area contributed by atoms with Crippen LogP contribution < -0.4 is 0 Å². The van der Waals surface area contributed by atoms with Crippen molar-refractivity contribution in [2.75, 3.05) is 0 Å². The molecule has 0 atom stereocenters. The van der Waals surface area contributed by atoms with Crippen LogP contribution in [0, 0.1) is 19.8 Å². The molecule has 2 aromatic rings. The van der Waals surface area contributed by atoms with Crippen LogP contribution >= 0.6 is 22.0 Å². The molecular formula is C12H16ClN3O2S2. The number of thiophene rings is 1. The summed E-state index contributed by atoms with van der Waals surface area (Å²) < 4.78 is 24.8. The van der Waals surface area contributed by atoms with Gasteiger partial charge in [0, 0.05) is 22.1 Å². The SMILES string of the molecule is Cc1cc(-c2nnc(S(=O)(=O)Cl)n2CC(C)C)sc1C. The van der Waals surface area contributed by atoms with Crippen LogP contribution in [-0.4, -0.2) is 23.2 Å². The van der Waals surface area contributed by atoms with E-state index in [1.54, 1.807) is 15.9 Å². The van der Waals surface area contributed by atoms with Gasteiger partial charge in [-0.3, -0.25) is 4.57 Å². The van der Waals surface area contributed by atoms with E-state index in [9.17, 15) is 8.42 Å². The van der Waals surface area contributed by atoms with Crippen LogP contribution in [-0.2, 0) is 15.6 Å². The molecule has 2 aromatic heterocycles. The lowest BCUT2D eigenvalue weighted by molar-refractivity contribution is 0.489. The number of hydrogen-bond acceptors (Lipinski definition) is 5. The minimum absolute atomic E-state index is 0.188. The summed E-state index contributed by atoms with van der Waals surface area (Å²) >= 11 is 1.57. The molecule has 0 radical (unpaired) electrons. The van der Waals surface area contributed by atoms with Crippen LogP contribution in [0.4, 0.5) is 0 Å². The molecule has 110 valence electrons. The van der Waals surface area contributed by atoms with Gasteiger partial charge in [-0.2, -0.15) is 0 Å². The maximum Gasteiger partial charge on any atom is 0.296 e. The Labute approximate surface area is 127 Å². The molecule has 5 nitrogen and oxygen atoms in total. The van der Waals surface area contributed by atoms with Crippen molar-refractivity contribution in [3.05, 3.63) is 16.5 Å². The fraction of sp³-hybridized carbons (Fsp3) is 0.500. The zero-order valence-electron chi connectivity index (χ0n) is 11.7. The van der Waals surface area contributed by atoms with E-state index in [4.69, 9.17) is 10.7 Å². The van der Waals surface area contributed by atoms with Gasteiger partial charge in [0.05, 0.1) is 4.88 Å². The van der Waals surface area contributed by atoms with Crippen LogP contribution in [0.2, 0.25) is 0 Å². The molecule has 20 heavy (non-hydrogen) atoms. The molecule has 2 heterocycles. The third-order valence-corrected chi connectivity index (χ3v) is 5.17. The van der Waals surface area contributed by atoms with Gasteiger partial charge >= 0.3 is 0 Å². The maximum atomic E-state index is 11.6. The molecule has 0 aliphatic carbocycles. The molecule has 0 fully saturated rings. The summed E-state index contributed by atoms with van der Waals surface area (Å²) in [5.74, 6) is 0.809.